The number of nitrogens with one attached hydrogen (secondary N) is 1. The summed E-state index contributed by atoms with van der Waals surface area (Å²) in [5, 5.41) is 0. The fourth-order valence-corrected chi connectivity index (χ4v) is 2.35. The van der Waals surface area contributed by atoms with E-state index in [0.29, 0.717) is 0 Å². The summed E-state index contributed by atoms with van der Waals surface area (Å²) in [7, 11) is 0. The zero-order chi connectivity index (χ0) is 17.6. The second kappa shape index (κ2) is 5.52. The highest BCUT2D eigenvalue weighted by molar-refractivity contribution is 6.01. The number of halogens is 2. The predicted octanol–water partition coefficient (Wildman–Crippen LogP) is 1.61. The van der Waals surface area contributed by atoms with Gasteiger partial charge >= 0.3 is 5.69 Å². The van der Waals surface area contributed by atoms with Crippen LogP contribution < -0.4 is 11.4 Å². The number of benzene rings is 1. The quantitative estimate of drug-likeness (QED) is 0.759. The van der Waals surface area contributed by atoms with Crippen LogP contribution in [0.25, 0.3) is 16.9 Å². The first-order valence-corrected chi connectivity index (χ1v) is 7.08. The number of nitrogens with zero attached hydrogens (tertiary/aromatic N) is 3. The average Bonchev–Trinajstić information content (AvgIpc) is 2.82. The van der Waals surface area contributed by atoms with E-state index in [1.54, 1.807) is 13.8 Å². The lowest BCUT2D eigenvalue weighted by Crippen LogP contribution is -2.18. The van der Waals surface area contributed by atoms with Crippen LogP contribution in [0.15, 0.2) is 23.0 Å². The van der Waals surface area contributed by atoms with Crippen LogP contribution in [0.2, 0.25) is 0 Å². The number of carbonyl (C=O) groups excluding carboxylic acids is 1. The molecule has 3 rings (SSSR count). The molecule has 0 radical (unpaired) electrons. The zero-order valence-electron chi connectivity index (χ0n) is 12.8. The number of hydrogen-bond acceptors (Lipinski definition) is 4. The fraction of sp³-hybridized carbons (Fsp3) is 0.200. The molecule has 24 heavy (non-hydrogen) atoms. The summed E-state index contributed by atoms with van der Waals surface area (Å²) in [6.45, 7) is 3.54. The van der Waals surface area contributed by atoms with Crippen molar-refractivity contribution in [1.29, 1.82) is 0 Å². The molecular weight excluding hydrogens is 320 g/mol. The maximum absolute atomic E-state index is 14.1. The summed E-state index contributed by atoms with van der Waals surface area (Å²) in [5.74, 6) is -2.74. The van der Waals surface area contributed by atoms with E-state index in [9.17, 15) is 18.4 Å². The van der Waals surface area contributed by atoms with Gasteiger partial charge in [0, 0.05) is 5.92 Å². The van der Waals surface area contributed by atoms with Crippen molar-refractivity contribution >= 4 is 17.1 Å². The van der Waals surface area contributed by atoms with E-state index >= 15 is 0 Å². The van der Waals surface area contributed by atoms with Gasteiger partial charge in [0.25, 0.3) is 5.91 Å². The van der Waals surface area contributed by atoms with E-state index < -0.39 is 28.9 Å². The lowest BCUT2D eigenvalue weighted by Gasteiger charge is -2.09. The van der Waals surface area contributed by atoms with Gasteiger partial charge in [-0.15, -0.1) is 0 Å². The van der Waals surface area contributed by atoms with Crippen molar-refractivity contribution in [2.45, 2.75) is 19.8 Å². The molecule has 0 aliphatic carbocycles. The number of hydrogen-bond donors (Lipinski definition) is 2. The minimum absolute atomic E-state index is 0.0699. The number of nitrogens with two attached hydrogens (primary N) is 1. The van der Waals surface area contributed by atoms with Crippen LogP contribution in [0, 0.1) is 11.6 Å². The lowest BCUT2D eigenvalue weighted by atomic mass is 10.2. The Balaban J connectivity index is 2.48. The van der Waals surface area contributed by atoms with Gasteiger partial charge in [0.15, 0.2) is 11.3 Å². The standard InChI is InChI=1S/C15H13F2N5O2/c1-6(2)13-19-9(12(18)23)10-14(21-13)22(15(24)20-10)11-7(16)4-3-5-8(11)17/h3-6H,1-2H3,(H2,18,23)(H,20,24). The Labute approximate surface area is 134 Å². The van der Waals surface area contributed by atoms with Crippen LogP contribution in [0.5, 0.6) is 0 Å². The Kier molecular flexibility index (Phi) is 3.63. The monoisotopic (exact) mass is 333 g/mol. The number of carbonyl (C=O) groups is 1. The first-order valence-electron chi connectivity index (χ1n) is 7.08. The Hall–Kier alpha value is -3.10. The van der Waals surface area contributed by atoms with Crippen LogP contribution in [-0.4, -0.2) is 25.4 Å². The third kappa shape index (κ3) is 2.34. The lowest BCUT2D eigenvalue weighted by molar-refractivity contribution is 0.0996. The third-order valence-electron chi connectivity index (χ3n) is 3.46. The van der Waals surface area contributed by atoms with Gasteiger partial charge in [-0.2, -0.15) is 0 Å². The van der Waals surface area contributed by atoms with E-state index in [0.717, 1.165) is 16.7 Å². The molecule has 0 atom stereocenters. The van der Waals surface area contributed by atoms with E-state index in [4.69, 9.17) is 5.73 Å². The van der Waals surface area contributed by atoms with Gasteiger partial charge < -0.3 is 10.7 Å². The van der Waals surface area contributed by atoms with Crippen molar-refractivity contribution < 1.29 is 13.6 Å². The fourth-order valence-electron chi connectivity index (χ4n) is 2.35. The van der Waals surface area contributed by atoms with Gasteiger partial charge in [0.05, 0.1) is 0 Å². The van der Waals surface area contributed by atoms with E-state index in [1.165, 1.54) is 6.07 Å². The molecule has 1 aromatic carbocycles. The van der Waals surface area contributed by atoms with E-state index in [-0.39, 0.29) is 28.6 Å². The van der Waals surface area contributed by atoms with Crippen molar-refractivity contribution in [3.05, 3.63) is 51.8 Å². The van der Waals surface area contributed by atoms with Crippen molar-refractivity contribution in [3.8, 4) is 5.69 Å². The molecule has 3 aromatic rings. The molecule has 0 saturated heterocycles. The second-order valence-electron chi connectivity index (χ2n) is 5.48. The zero-order valence-corrected chi connectivity index (χ0v) is 12.8. The predicted molar refractivity (Wildman–Crippen MR) is 82.0 cm³/mol. The number of fused-ring (bicyclic) bond motifs is 1. The number of rotatable bonds is 3. The number of para-hydroxylation sites is 1. The summed E-state index contributed by atoms with van der Waals surface area (Å²) in [5.41, 5.74) is 3.46. The number of primary amides is 1. The maximum atomic E-state index is 14.1. The smallest absolute Gasteiger partial charge is 0.332 e. The number of aromatic amines is 1. The Morgan fingerprint density at radius 3 is 2.42 bits per heavy atom. The van der Waals surface area contributed by atoms with Gasteiger partial charge in [0.2, 0.25) is 0 Å². The number of imidazole rings is 1. The molecule has 3 N–H and O–H groups in total. The highest BCUT2D eigenvalue weighted by Crippen LogP contribution is 2.22. The summed E-state index contributed by atoms with van der Waals surface area (Å²) in [6, 6.07) is 3.21. The Morgan fingerprint density at radius 1 is 1.25 bits per heavy atom. The molecule has 9 heteroatoms. The molecule has 0 aliphatic heterocycles. The average molecular weight is 333 g/mol. The van der Waals surface area contributed by atoms with Gasteiger partial charge in [-0.1, -0.05) is 19.9 Å². The van der Waals surface area contributed by atoms with Gasteiger partial charge in [-0.05, 0) is 12.1 Å². The molecule has 0 bridgehead atoms. The van der Waals surface area contributed by atoms with Crippen molar-refractivity contribution in [1.82, 2.24) is 19.5 Å². The highest BCUT2D eigenvalue weighted by atomic mass is 19.1. The highest BCUT2D eigenvalue weighted by Gasteiger charge is 2.23. The molecular formula is C15H13F2N5O2. The molecule has 124 valence electrons. The normalized spacial score (nSPS) is 11.4. The summed E-state index contributed by atoms with van der Waals surface area (Å²) in [4.78, 5) is 34.4. The first-order chi connectivity index (χ1) is 11.3. The molecule has 2 heterocycles. The molecule has 0 spiro atoms. The topological polar surface area (TPSA) is 107 Å². The third-order valence-corrected chi connectivity index (χ3v) is 3.46. The minimum atomic E-state index is -0.941. The molecule has 0 aliphatic rings. The first kappa shape index (κ1) is 15.8. The number of H-pyrrole nitrogens is 1. The molecule has 7 nitrogen and oxygen atoms in total. The van der Waals surface area contributed by atoms with Crippen LogP contribution in [0.3, 0.4) is 0 Å². The molecule has 0 fully saturated rings. The van der Waals surface area contributed by atoms with Crippen LogP contribution >= 0.6 is 0 Å². The van der Waals surface area contributed by atoms with Gasteiger partial charge in [0.1, 0.15) is 28.7 Å². The molecule has 1 amide bonds. The van der Waals surface area contributed by atoms with Crippen molar-refractivity contribution in [3.63, 3.8) is 0 Å². The minimum Gasteiger partial charge on any atom is -0.364 e. The van der Waals surface area contributed by atoms with Crippen molar-refractivity contribution in [2.24, 2.45) is 5.73 Å². The van der Waals surface area contributed by atoms with E-state index in [2.05, 4.69) is 15.0 Å². The largest absolute Gasteiger partial charge is 0.364 e. The molecule has 2 aromatic heterocycles. The SMILES string of the molecule is CC(C)c1nc(C(N)=O)c2[nH]c(=O)n(-c3c(F)cccc3F)c2n1. The van der Waals surface area contributed by atoms with E-state index in [1.807, 2.05) is 0 Å². The van der Waals surface area contributed by atoms with Gasteiger partial charge in [-0.25, -0.2) is 28.1 Å². The summed E-state index contributed by atoms with van der Waals surface area (Å²) in [6.07, 6.45) is 0. The molecule has 0 unspecified atom stereocenters. The summed E-state index contributed by atoms with van der Waals surface area (Å²) < 4.78 is 28.9. The van der Waals surface area contributed by atoms with Gasteiger partial charge in [-0.3, -0.25) is 4.79 Å². The maximum Gasteiger partial charge on any atom is 0.332 e. The Morgan fingerprint density at radius 2 is 1.88 bits per heavy atom. The Bertz CT molecular complexity index is 1000. The van der Waals surface area contributed by atoms with Crippen LogP contribution in [0.1, 0.15) is 36.1 Å². The van der Waals surface area contributed by atoms with Crippen LogP contribution in [0.4, 0.5) is 8.78 Å². The number of amides is 1. The number of aromatic nitrogens is 4. The van der Waals surface area contributed by atoms with Crippen LogP contribution in [-0.2, 0) is 0 Å². The summed E-state index contributed by atoms with van der Waals surface area (Å²) >= 11 is 0. The second-order valence-corrected chi connectivity index (χ2v) is 5.48. The molecule has 0 saturated carbocycles. The van der Waals surface area contributed by atoms with Crippen molar-refractivity contribution in [2.75, 3.05) is 0 Å².